The first-order valence-electron chi connectivity index (χ1n) is 9.25. The topological polar surface area (TPSA) is 80.3 Å². The van der Waals surface area contributed by atoms with Crippen molar-refractivity contribution in [1.29, 1.82) is 0 Å². The van der Waals surface area contributed by atoms with Crippen molar-refractivity contribution < 1.29 is 14.3 Å². The first-order chi connectivity index (χ1) is 14.0. The maximum atomic E-state index is 12.7. The van der Waals surface area contributed by atoms with Gasteiger partial charge < -0.3 is 15.4 Å². The number of anilines is 1. The van der Waals surface area contributed by atoms with Gasteiger partial charge in [0, 0.05) is 16.9 Å². The van der Waals surface area contributed by atoms with Crippen LogP contribution in [-0.2, 0) is 6.54 Å². The van der Waals surface area contributed by atoms with E-state index in [1.165, 1.54) is 0 Å². The number of amides is 2. The second-order valence-corrected chi connectivity index (χ2v) is 7.63. The van der Waals surface area contributed by atoms with Gasteiger partial charge in [-0.25, -0.2) is 4.98 Å². The fourth-order valence-corrected chi connectivity index (χ4v) is 3.50. The minimum absolute atomic E-state index is 0.269. The van der Waals surface area contributed by atoms with Crippen LogP contribution < -0.4 is 15.4 Å². The number of carbonyl (C=O) groups excluding carboxylic acids is 2. The summed E-state index contributed by atoms with van der Waals surface area (Å²) in [4.78, 5) is 29.7. The van der Waals surface area contributed by atoms with Crippen LogP contribution >= 0.6 is 11.3 Å². The molecule has 0 aliphatic rings. The van der Waals surface area contributed by atoms with Gasteiger partial charge in [0.15, 0.2) is 0 Å². The van der Waals surface area contributed by atoms with E-state index in [0.29, 0.717) is 35.0 Å². The van der Waals surface area contributed by atoms with Crippen LogP contribution in [0.4, 0.5) is 5.69 Å². The fraction of sp³-hybridized carbons (Fsp3) is 0.227. The molecule has 0 unspecified atom stereocenters. The molecule has 3 rings (SSSR count). The molecule has 0 saturated heterocycles. The zero-order chi connectivity index (χ0) is 20.8. The molecule has 0 atom stereocenters. The number of ether oxygens (including phenoxy) is 1. The van der Waals surface area contributed by atoms with E-state index < -0.39 is 0 Å². The molecule has 2 N–H and O–H groups in total. The summed E-state index contributed by atoms with van der Waals surface area (Å²) < 4.78 is 5.11. The number of para-hydroxylation sites is 1. The monoisotopic (exact) mass is 409 g/mol. The number of aromatic nitrogens is 1. The molecule has 0 bridgehead atoms. The van der Waals surface area contributed by atoms with Gasteiger partial charge in [-0.2, -0.15) is 0 Å². The Bertz CT molecular complexity index is 997. The van der Waals surface area contributed by atoms with E-state index in [2.05, 4.69) is 29.5 Å². The maximum Gasteiger partial charge on any atom is 0.255 e. The lowest BCUT2D eigenvalue weighted by atomic mass is 10.1. The van der Waals surface area contributed by atoms with Crippen molar-refractivity contribution in [2.45, 2.75) is 26.3 Å². The molecule has 2 amide bonds. The lowest BCUT2D eigenvalue weighted by molar-refractivity contribution is 0.0951. The Morgan fingerprint density at radius 1 is 1.07 bits per heavy atom. The van der Waals surface area contributed by atoms with E-state index in [9.17, 15) is 9.59 Å². The van der Waals surface area contributed by atoms with E-state index >= 15 is 0 Å². The van der Waals surface area contributed by atoms with Gasteiger partial charge in [-0.3, -0.25) is 9.59 Å². The van der Waals surface area contributed by atoms with E-state index in [1.54, 1.807) is 67.0 Å². The van der Waals surface area contributed by atoms with E-state index in [0.717, 1.165) is 10.7 Å². The Labute approximate surface area is 173 Å². The van der Waals surface area contributed by atoms with Gasteiger partial charge in [0.2, 0.25) is 0 Å². The lowest BCUT2D eigenvalue weighted by Gasteiger charge is -2.11. The van der Waals surface area contributed by atoms with Crippen molar-refractivity contribution in [3.8, 4) is 5.75 Å². The van der Waals surface area contributed by atoms with Crippen LogP contribution in [0.2, 0.25) is 0 Å². The average molecular weight is 410 g/mol. The highest BCUT2D eigenvalue weighted by Crippen LogP contribution is 2.20. The van der Waals surface area contributed by atoms with E-state index in [4.69, 9.17) is 4.74 Å². The molecule has 0 aliphatic carbocycles. The number of nitrogens with one attached hydrogen (secondary N) is 2. The average Bonchev–Trinajstić information content (AvgIpc) is 3.22. The predicted molar refractivity (Wildman–Crippen MR) is 115 cm³/mol. The molecule has 0 radical (unpaired) electrons. The minimum Gasteiger partial charge on any atom is -0.497 e. The summed E-state index contributed by atoms with van der Waals surface area (Å²) >= 11 is 1.59. The van der Waals surface area contributed by atoms with Crippen molar-refractivity contribution in [3.05, 3.63) is 75.7 Å². The Morgan fingerprint density at radius 3 is 2.45 bits per heavy atom. The van der Waals surface area contributed by atoms with Crippen molar-refractivity contribution in [2.75, 3.05) is 12.4 Å². The Kier molecular flexibility index (Phi) is 6.61. The molecular formula is C22H23N3O3S. The van der Waals surface area contributed by atoms with Crippen LogP contribution in [0.25, 0.3) is 0 Å². The third kappa shape index (κ3) is 5.20. The van der Waals surface area contributed by atoms with Crippen molar-refractivity contribution >= 4 is 28.8 Å². The highest BCUT2D eigenvalue weighted by molar-refractivity contribution is 7.09. The summed E-state index contributed by atoms with van der Waals surface area (Å²) in [6, 6.07) is 13.7. The summed E-state index contributed by atoms with van der Waals surface area (Å²) in [6.07, 6.45) is 0. The first-order valence-corrected chi connectivity index (χ1v) is 10.1. The number of hydrogen-bond acceptors (Lipinski definition) is 5. The number of hydrogen-bond donors (Lipinski definition) is 2. The summed E-state index contributed by atoms with van der Waals surface area (Å²) in [5.74, 6) is 0.464. The van der Waals surface area contributed by atoms with Gasteiger partial charge in [-0.15, -0.1) is 11.3 Å². The number of methoxy groups -OCH3 is 1. The zero-order valence-corrected chi connectivity index (χ0v) is 17.4. The molecule has 0 aliphatic heterocycles. The first kappa shape index (κ1) is 20.5. The highest BCUT2D eigenvalue weighted by atomic mass is 32.1. The summed E-state index contributed by atoms with van der Waals surface area (Å²) in [7, 11) is 1.57. The largest absolute Gasteiger partial charge is 0.497 e. The van der Waals surface area contributed by atoms with Crippen molar-refractivity contribution in [3.63, 3.8) is 0 Å². The van der Waals surface area contributed by atoms with Crippen LogP contribution in [-0.4, -0.2) is 23.9 Å². The van der Waals surface area contributed by atoms with E-state index in [-0.39, 0.29) is 11.8 Å². The lowest BCUT2D eigenvalue weighted by Crippen LogP contribution is -2.25. The number of rotatable bonds is 7. The molecule has 29 heavy (non-hydrogen) atoms. The van der Waals surface area contributed by atoms with Gasteiger partial charge in [0.05, 0.1) is 35.6 Å². The highest BCUT2D eigenvalue weighted by Gasteiger charge is 2.15. The van der Waals surface area contributed by atoms with Gasteiger partial charge >= 0.3 is 0 Å². The Hall–Kier alpha value is -3.19. The number of thiazole rings is 1. The SMILES string of the molecule is COc1ccc(C(=O)Nc2ccccc2C(=O)NCc2csc(C(C)C)n2)cc1. The van der Waals surface area contributed by atoms with Crippen LogP contribution in [0, 0.1) is 0 Å². The molecule has 1 heterocycles. The molecule has 0 fully saturated rings. The molecule has 6 nitrogen and oxygen atoms in total. The van der Waals surface area contributed by atoms with Gasteiger partial charge in [0.1, 0.15) is 5.75 Å². The van der Waals surface area contributed by atoms with E-state index in [1.807, 2.05) is 5.38 Å². The molecule has 3 aromatic rings. The Balaban J connectivity index is 1.68. The minimum atomic E-state index is -0.297. The van der Waals surface area contributed by atoms with Gasteiger partial charge in [-0.05, 0) is 36.4 Å². The maximum absolute atomic E-state index is 12.7. The molecule has 2 aromatic carbocycles. The number of carbonyl (C=O) groups is 2. The van der Waals surface area contributed by atoms with Gasteiger partial charge in [-0.1, -0.05) is 26.0 Å². The summed E-state index contributed by atoms with van der Waals surface area (Å²) in [5.41, 5.74) is 2.15. The molecule has 7 heteroatoms. The summed E-state index contributed by atoms with van der Waals surface area (Å²) in [6.45, 7) is 4.51. The molecule has 0 saturated carbocycles. The third-order valence-electron chi connectivity index (χ3n) is 4.27. The fourth-order valence-electron chi connectivity index (χ4n) is 2.66. The van der Waals surface area contributed by atoms with Crippen LogP contribution in [0.3, 0.4) is 0 Å². The molecule has 0 spiro atoms. The number of nitrogens with zero attached hydrogens (tertiary/aromatic N) is 1. The quantitative estimate of drug-likeness (QED) is 0.604. The van der Waals surface area contributed by atoms with Crippen LogP contribution in [0.15, 0.2) is 53.9 Å². The molecule has 150 valence electrons. The van der Waals surface area contributed by atoms with Gasteiger partial charge in [0.25, 0.3) is 11.8 Å². The molecular weight excluding hydrogens is 386 g/mol. The normalized spacial score (nSPS) is 10.6. The smallest absolute Gasteiger partial charge is 0.255 e. The second kappa shape index (κ2) is 9.34. The number of benzene rings is 2. The van der Waals surface area contributed by atoms with Crippen molar-refractivity contribution in [1.82, 2.24) is 10.3 Å². The zero-order valence-electron chi connectivity index (χ0n) is 16.6. The molecule has 1 aromatic heterocycles. The third-order valence-corrected chi connectivity index (χ3v) is 5.46. The predicted octanol–water partition coefficient (Wildman–Crippen LogP) is 4.46. The van der Waals surface area contributed by atoms with Crippen LogP contribution in [0.5, 0.6) is 5.75 Å². The second-order valence-electron chi connectivity index (χ2n) is 6.74. The standard InChI is InChI=1S/C22H23N3O3S/c1-14(2)22-24-16(13-29-22)12-23-21(27)18-6-4-5-7-19(18)25-20(26)15-8-10-17(28-3)11-9-15/h4-11,13-14H,12H2,1-3H3,(H,23,27)(H,25,26). The van der Waals surface area contributed by atoms with Crippen molar-refractivity contribution in [2.24, 2.45) is 0 Å². The Morgan fingerprint density at radius 2 is 1.79 bits per heavy atom. The van der Waals surface area contributed by atoms with Crippen LogP contribution in [0.1, 0.15) is 51.2 Å². The summed E-state index contributed by atoms with van der Waals surface area (Å²) in [5, 5.41) is 8.68.